The van der Waals surface area contributed by atoms with Crippen LogP contribution in [0.1, 0.15) is 71.9 Å². The summed E-state index contributed by atoms with van der Waals surface area (Å²) in [4.78, 5) is 28.5. The lowest BCUT2D eigenvalue weighted by molar-refractivity contribution is -0.118. The molecule has 1 fully saturated rings. The van der Waals surface area contributed by atoms with Crippen molar-refractivity contribution in [1.29, 1.82) is 0 Å². The summed E-state index contributed by atoms with van der Waals surface area (Å²) >= 11 is 0. The van der Waals surface area contributed by atoms with Gasteiger partial charge < -0.3 is 19.9 Å². The van der Waals surface area contributed by atoms with E-state index in [1.807, 2.05) is 43.6 Å². The van der Waals surface area contributed by atoms with Crippen molar-refractivity contribution < 1.29 is 14.3 Å². The van der Waals surface area contributed by atoms with Gasteiger partial charge in [-0.1, -0.05) is 25.1 Å². The molecule has 0 aromatic heterocycles. The minimum absolute atomic E-state index is 0.180. The first-order valence-electron chi connectivity index (χ1n) is 11.3. The lowest BCUT2D eigenvalue weighted by Crippen LogP contribution is -2.47. The molecule has 0 spiro atoms. The monoisotopic (exact) mass is 415 g/mol. The maximum absolute atomic E-state index is 12.5. The highest BCUT2D eigenvalue weighted by atomic mass is 16.6. The Hall–Kier alpha value is -2.08. The van der Waals surface area contributed by atoms with E-state index in [-0.39, 0.29) is 24.1 Å². The van der Waals surface area contributed by atoms with Gasteiger partial charge in [0.05, 0.1) is 0 Å². The molecule has 6 heteroatoms. The van der Waals surface area contributed by atoms with Crippen molar-refractivity contribution in [3.05, 3.63) is 29.8 Å². The molecule has 0 saturated carbocycles. The molecule has 0 aliphatic carbocycles. The fourth-order valence-corrected chi connectivity index (χ4v) is 4.51. The second-order valence-corrected chi connectivity index (χ2v) is 9.63. The SMILES string of the molecule is CCC(=O)N1c2ccccc2[C@H](NCC2CCN(C(=O)OC(C)(C)C)CC2)CC1C. The van der Waals surface area contributed by atoms with Gasteiger partial charge in [-0.3, -0.25) is 4.79 Å². The quantitative estimate of drug-likeness (QED) is 0.786. The van der Waals surface area contributed by atoms with Crippen LogP contribution in [0.2, 0.25) is 0 Å². The van der Waals surface area contributed by atoms with Crippen molar-refractivity contribution in [1.82, 2.24) is 10.2 Å². The highest BCUT2D eigenvalue weighted by Crippen LogP contribution is 2.37. The Bertz CT molecular complexity index is 750. The first kappa shape index (κ1) is 22.6. The molecule has 3 rings (SSSR count). The predicted molar refractivity (Wildman–Crippen MR) is 120 cm³/mol. The lowest BCUT2D eigenvalue weighted by Gasteiger charge is -2.40. The number of anilines is 1. The van der Waals surface area contributed by atoms with Gasteiger partial charge in [0.25, 0.3) is 0 Å². The van der Waals surface area contributed by atoms with E-state index < -0.39 is 5.60 Å². The molecule has 2 heterocycles. The third-order valence-electron chi connectivity index (χ3n) is 6.08. The Morgan fingerprint density at radius 3 is 2.47 bits per heavy atom. The average Bonchev–Trinajstić information content (AvgIpc) is 2.70. The number of nitrogens with zero attached hydrogens (tertiary/aromatic N) is 2. The van der Waals surface area contributed by atoms with E-state index in [2.05, 4.69) is 30.4 Å². The normalized spacial score (nSPS) is 22.6. The predicted octanol–water partition coefficient (Wildman–Crippen LogP) is 4.50. The van der Waals surface area contributed by atoms with E-state index in [4.69, 9.17) is 4.74 Å². The molecule has 30 heavy (non-hydrogen) atoms. The van der Waals surface area contributed by atoms with Gasteiger partial charge in [0.1, 0.15) is 5.60 Å². The smallest absolute Gasteiger partial charge is 0.410 e. The summed E-state index contributed by atoms with van der Waals surface area (Å²) in [6.45, 7) is 12.2. The van der Waals surface area contributed by atoms with Crippen LogP contribution in [0.5, 0.6) is 0 Å². The first-order chi connectivity index (χ1) is 14.2. The standard InChI is InChI=1S/C24H37N3O3/c1-6-22(28)27-17(2)15-20(19-9-7-8-10-21(19)27)25-16-18-11-13-26(14-12-18)23(29)30-24(3,4)5/h7-10,17-18,20,25H,6,11-16H2,1-5H3/t17?,20-/m1/s1. The first-order valence-corrected chi connectivity index (χ1v) is 11.3. The molecule has 6 nitrogen and oxygen atoms in total. The molecule has 2 amide bonds. The Balaban J connectivity index is 1.57. The van der Waals surface area contributed by atoms with Crippen LogP contribution in [-0.4, -0.2) is 48.2 Å². The maximum Gasteiger partial charge on any atom is 0.410 e. The molecule has 1 aromatic carbocycles. The van der Waals surface area contributed by atoms with Gasteiger partial charge in [-0.25, -0.2) is 4.79 Å². The number of hydrogen-bond donors (Lipinski definition) is 1. The van der Waals surface area contributed by atoms with E-state index >= 15 is 0 Å². The molecular formula is C24H37N3O3. The molecule has 2 atom stereocenters. The fourth-order valence-electron chi connectivity index (χ4n) is 4.51. The lowest BCUT2D eigenvalue weighted by atomic mass is 9.90. The van der Waals surface area contributed by atoms with Crippen LogP contribution >= 0.6 is 0 Å². The summed E-state index contributed by atoms with van der Waals surface area (Å²) in [5.41, 5.74) is 1.80. The van der Waals surface area contributed by atoms with Gasteiger partial charge in [-0.05, 0) is 71.0 Å². The van der Waals surface area contributed by atoms with Crippen LogP contribution in [0, 0.1) is 5.92 Å². The van der Waals surface area contributed by atoms with Gasteiger partial charge in [0.15, 0.2) is 0 Å². The molecule has 1 unspecified atom stereocenters. The Morgan fingerprint density at radius 2 is 1.83 bits per heavy atom. The highest BCUT2D eigenvalue weighted by Gasteiger charge is 2.33. The van der Waals surface area contributed by atoms with Gasteiger partial charge in [-0.2, -0.15) is 0 Å². The van der Waals surface area contributed by atoms with Crippen molar-refractivity contribution in [3.63, 3.8) is 0 Å². The summed E-state index contributed by atoms with van der Waals surface area (Å²) < 4.78 is 5.50. The van der Waals surface area contributed by atoms with Gasteiger partial charge in [0, 0.05) is 37.3 Å². The van der Waals surface area contributed by atoms with E-state index in [1.54, 1.807) is 0 Å². The van der Waals surface area contributed by atoms with E-state index in [0.29, 0.717) is 12.3 Å². The number of amides is 2. The van der Waals surface area contributed by atoms with Crippen LogP contribution in [-0.2, 0) is 9.53 Å². The molecule has 0 radical (unpaired) electrons. The summed E-state index contributed by atoms with van der Waals surface area (Å²) in [6, 6.07) is 8.69. The number of likely N-dealkylation sites (tertiary alicyclic amines) is 1. The average molecular weight is 416 g/mol. The molecule has 2 aliphatic heterocycles. The van der Waals surface area contributed by atoms with Gasteiger partial charge in [0.2, 0.25) is 5.91 Å². The molecule has 2 aliphatic rings. The number of nitrogens with one attached hydrogen (secondary N) is 1. The minimum Gasteiger partial charge on any atom is -0.444 e. The number of fused-ring (bicyclic) bond motifs is 1. The number of ether oxygens (including phenoxy) is 1. The van der Waals surface area contributed by atoms with Crippen molar-refractivity contribution in [3.8, 4) is 0 Å². The van der Waals surface area contributed by atoms with E-state index in [0.717, 1.165) is 44.6 Å². The van der Waals surface area contributed by atoms with Crippen molar-refractivity contribution >= 4 is 17.7 Å². The van der Waals surface area contributed by atoms with E-state index in [9.17, 15) is 9.59 Å². The number of hydrogen-bond acceptors (Lipinski definition) is 4. The van der Waals surface area contributed by atoms with Crippen LogP contribution in [0.15, 0.2) is 24.3 Å². The van der Waals surface area contributed by atoms with Crippen LogP contribution in [0.4, 0.5) is 10.5 Å². The zero-order chi connectivity index (χ0) is 21.9. The third kappa shape index (κ3) is 5.34. The number of benzene rings is 1. The van der Waals surface area contributed by atoms with Gasteiger partial charge in [-0.15, -0.1) is 0 Å². The molecule has 1 aromatic rings. The summed E-state index contributed by atoms with van der Waals surface area (Å²) in [7, 11) is 0. The molecule has 1 N–H and O–H groups in total. The molecular weight excluding hydrogens is 378 g/mol. The van der Waals surface area contributed by atoms with Crippen LogP contribution < -0.4 is 10.2 Å². The van der Waals surface area contributed by atoms with Crippen molar-refractivity contribution in [2.45, 2.75) is 78.0 Å². The number of carbonyl (C=O) groups excluding carboxylic acids is 2. The zero-order valence-electron chi connectivity index (χ0n) is 19.1. The zero-order valence-corrected chi connectivity index (χ0v) is 19.1. The summed E-state index contributed by atoms with van der Waals surface area (Å²) in [5, 5.41) is 3.77. The van der Waals surface area contributed by atoms with Crippen molar-refractivity contribution in [2.24, 2.45) is 5.92 Å². The maximum atomic E-state index is 12.5. The molecule has 0 bridgehead atoms. The Kier molecular flexibility index (Phi) is 7.06. The fraction of sp³-hybridized carbons (Fsp3) is 0.667. The summed E-state index contributed by atoms with van der Waals surface area (Å²) in [5.74, 6) is 0.726. The largest absolute Gasteiger partial charge is 0.444 e. The topological polar surface area (TPSA) is 61.9 Å². The van der Waals surface area contributed by atoms with Crippen LogP contribution in [0.3, 0.4) is 0 Å². The Labute approximate surface area is 180 Å². The Morgan fingerprint density at radius 1 is 1.17 bits per heavy atom. The highest BCUT2D eigenvalue weighted by molar-refractivity contribution is 5.95. The second-order valence-electron chi connectivity index (χ2n) is 9.63. The van der Waals surface area contributed by atoms with Gasteiger partial charge >= 0.3 is 6.09 Å². The number of piperidine rings is 1. The second kappa shape index (κ2) is 9.38. The van der Waals surface area contributed by atoms with E-state index in [1.165, 1.54) is 5.56 Å². The number of rotatable bonds is 4. The molecule has 1 saturated heterocycles. The van der Waals surface area contributed by atoms with Crippen LogP contribution in [0.25, 0.3) is 0 Å². The number of carbonyl (C=O) groups is 2. The number of para-hydroxylation sites is 1. The minimum atomic E-state index is -0.451. The van der Waals surface area contributed by atoms with Crippen molar-refractivity contribution in [2.75, 3.05) is 24.5 Å². The summed E-state index contributed by atoms with van der Waals surface area (Å²) in [6.07, 6.45) is 3.20. The third-order valence-corrected chi connectivity index (χ3v) is 6.08. The molecule has 166 valence electrons.